The van der Waals surface area contributed by atoms with Crippen LogP contribution in [-0.4, -0.2) is 20.8 Å². The van der Waals surface area contributed by atoms with Gasteiger partial charge in [0, 0.05) is 5.69 Å². The Morgan fingerprint density at radius 3 is 2.75 bits per heavy atom. The lowest BCUT2D eigenvalue weighted by Gasteiger charge is -2.11. The van der Waals surface area contributed by atoms with Crippen LogP contribution in [0.3, 0.4) is 0 Å². The normalized spacial score (nSPS) is 11.0. The molecule has 0 saturated carbocycles. The summed E-state index contributed by atoms with van der Waals surface area (Å²) in [5.41, 5.74) is 3.15. The molecule has 2 aromatic heterocycles. The Balaban J connectivity index is 1.90. The number of hydrogen-bond donors (Lipinski definition) is 1. The van der Waals surface area contributed by atoms with Crippen molar-refractivity contribution in [2.24, 2.45) is 0 Å². The molecule has 1 aromatic carbocycles. The van der Waals surface area contributed by atoms with Crippen LogP contribution in [0.2, 0.25) is 0 Å². The fourth-order valence-corrected chi connectivity index (χ4v) is 2.66. The highest BCUT2D eigenvalue weighted by Gasteiger charge is 2.17. The molecule has 2 heterocycles. The van der Waals surface area contributed by atoms with Crippen molar-refractivity contribution < 1.29 is 9.32 Å². The van der Waals surface area contributed by atoms with Gasteiger partial charge in [0.15, 0.2) is 5.52 Å². The second-order valence-electron chi connectivity index (χ2n) is 5.81. The number of carbonyl (C=O) groups excluding carboxylic acids is 1. The number of aromatic nitrogens is 3. The first-order valence-corrected chi connectivity index (χ1v) is 7.58. The minimum absolute atomic E-state index is 0.186. The van der Waals surface area contributed by atoms with Gasteiger partial charge in [0.05, 0.1) is 11.1 Å². The van der Waals surface area contributed by atoms with E-state index in [1.807, 2.05) is 32.0 Å². The second-order valence-corrected chi connectivity index (χ2v) is 5.81. The molecule has 0 aliphatic carbocycles. The number of aryl methyl sites for hydroxylation is 3. The monoisotopic (exact) mass is 326 g/mol. The standard InChI is InChI=1S/C17H18N4O3/c1-9-6-5-7-13(10(9)2)18-14(22)8-21-17(23)16-15(11(3)19-21)12(4)24-20-16/h5-7H,8H2,1-4H3,(H,18,22). The number of amides is 1. The number of nitrogens with zero attached hydrogens (tertiary/aromatic N) is 3. The maximum absolute atomic E-state index is 12.4. The van der Waals surface area contributed by atoms with Gasteiger partial charge in [0.25, 0.3) is 5.56 Å². The van der Waals surface area contributed by atoms with Gasteiger partial charge in [-0.05, 0) is 44.9 Å². The molecule has 0 spiro atoms. The van der Waals surface area contributed by atoms with Crippen LogP contribution < -0.4 is 10.9 Å². The first-order valence-electron chi connectivity index (χ1n) is 7.58. The molecule has 0 atom stereocenters. The van der Waals surface area contributed by atoms with Gasteiger partial charge in [-0.25, -0.2) is 4.68 Å². The summed E-state index contributed by atoms with van der Waals surface area (Å²) in [7, 11) is 0. The van der Waals surface area contributed by atoms with Crippen LogP contribution in [-0.2, 0) is 11.3 Å². The van der Waals surface area contributed by atoms with E-state index in [4.69, 9.17) is 4.52 Å². The average molecular weight is 326 g/mol. The van der Waals surface area contributed by atoms with Gasteiger partial charge in [0.1, 0.15) is 12.3 Å². The minimum atomic E-state index is -0.441. The van der Waals surface area contributed by atoms with Crippen molar-refractivity contribution >= 4 is 22.5 Å². The van der Waals surface area contributed by atoms with Gasteiger partial charge in [0.2, 0.25) is 5.91 Å². The van der Waals surface area contributed by atoms with E-state index in [1.54, 1.807) is 13.8 Å². The predicted molar refractivity (Wildman–Crippen MR) is 90.1 cm³/mol. The van der Waals surface area contributed by atoms with Crippen LogP contribution in [0.25, 0.3) is 10.9 Å². The third-order valence-electron chi connectivity index (χ3n) is 4.10. The van der Waals surface area contributed by atoms with Gasteiger partial charge in [-0.15, -0.1) is 0 Å². The second kappa shape index (κ2) is 5.92. The predicted octanol–water partition coefficient (Wildman–Crippen LogP) is 2.26. The molecule has 7 nitrogen and oxygen atoms in total. The van der Waals surface area contributed by atoms with Crippen molar-refractivity contribution in [3.63, 3.8) is 0 Å². The Hall–Kier alpha value is -2.96. The van der Waals surface area contributed by atoms with Crippen molar-refractivity contribution in [2.45, 2.75) is 34.2 Å². The molecular formula is C17H18N4O3. The van der Waals surface area contributed by atoms with Crippen LogP contribution in [0.5, 0.6) is 0 Å². The summed E-state index contributed by atoms with van der Waals surface area (Å²) < 4.78 is 6.17. The molecule has 0 fully saturated rings. The number of anilines is 1. The minimum Gasteiger partial charge on any atom is -0.360 e. The number of benzene rings is 1. The molecule has 0 unspecified atom stereocenters. The Bertz CT molecular complexity index is 1000. The molecule has 3 aromatic rings. The molecule has 3 rings (SSSR count). The fraction of sp³-hybridized carbons (Fsp3) is 0.294. The Morgan fingerprint density at radius 2 is 2.00 bits per heavy atom. The number of rotatable bonds is 3. The molecule has 1 N–H and O–H groups in total. The zero-order chi connectivity index (χ0) is 17.4. The van der Waals surface area contributed by atoms with Gasteiger partial charge < -0.3 is 9.84 Å². The van der Waals surface area contributed by atoms with E-state index in [9.17, 15) is 9.59 Å². The SMILES string of the molecule is Cc1cccc(NC(=O)Cn2nc(C)c3c(C)onc3c2=O)c1C. The quantitative estimate of drug-likeness (QED) is 0.797. The molecule has 0 saturated heterocycles. The van der Waals surface area contributed by atoms with Crippen LogP contribution >= 0.6 is 0 Å². The Labute approximate surface area is 138 Å². The Morgan fingerprint density at radius 1 is 1.25 bits per heavy atom. The van der Waals surface area contributed by atoms with Gasteiger partial charge >= 0.3 is 0 Å². The van der Waals surface area contributed by atoms with Gasteiger partial charge in [-0.1, -0.05) is 17.3 Å². The molecule has 0 aliphatic rings. The summed E-state index contributed by atoms with van der Waals surface area (Å²) in [4.78, 5) is 24.7. The molecule has 124 valence electrons. The summed E-state index contributed by atoms with van der Waals surface area (Å²) in [5.74, 6) is 0.219. The summed E-state index contributed by atoms with van der Waals surface area (Å²) in [6, 6.07) is 5.67. The molecule has 1 amide bonds. The zero-order valence-corrected chi connectivity index (χ0v) is 14.0. The van der Waals surface area contributed by atoms with E-state index in [0.717, 1.165) is 21.5 Å². The number of hydrogen-bond acceptors (Lipinski definition) is 5. The van der Waals surface area contributed by atoms with Crippen LogP contribution in [0.4, 0.5) is 5.69 Å². The number of carbonyl (C=O) groups is 1. The van der Waals surface area contributed by atoms with E-state index >= 15 is 0 Å². The van der Waals surface area contributed by atoms with Crippen molar-refractivity contribution in [3.8, 4) is 0 Å². The van der Waals surface area contributed by atoms with Gasteiger partial charge in [-0.3, -0.25) is 9.59 Å². The molecule has 0 radical (unpaired) electrons. The summed E-state index contributed by atoms with van der Waals surface area (Å²) in [5, 5.41) is 11.4. The molecule has 0 aliphatic heterocycles. The summed E-state index contributed by atoms with van der Waals surface area (Å²) in [6.07, 6.45) is 0. The van der Waals surface area contributed by atoms with E-state index in [1.165, 1.54) is 0 Å². The first-order chi connectivity index (χ1) is 11.4. The highest BCUT2D eigenvalue weighted by Crippen LogP contribution is 2.18. The van der Waals surface area contributed by atoms with Crippen molar-refractivity contribution in [1.82, 2.24) is 14.9 Å². The fourth-order valence-electron chi connectivity index (χ4n) is 2.66. The molecule has 7 heteroatoms. The molecule has 24 heavy (non-hydrogen) atoms. The van der Waals surface area contributed by atoms with Crippen molar-refractivity contribution in [1.29, 1.82) is 0 Å². The zero-order valence-electron chi connectivity index (χ0n) is 14.0. The molecular weight excluding hydrogens is 308 g/mol. The van der Waals surface area contributed by atoms with Crippen LogP contribution in [0.1, 0.15) is 22.6 Å². The smallest absolute Gasteiger partial charge is 0.297 e. The summed E-state index contributed by atoms with van der Waals surface area (Å²) in [6.45, 7) is 7.20. The lowest BCUT2D eigenvalue weighted by Crippen LogP contribution is -2.30. The Kier molecular flexibility index (Phi) is 3.92. The van der Waals surface area contributed by atoms with Crippen molar-refractivity contribution in [2.75, 3.05) is 5.32 Å². The van der Waals surface area contributed by atoms with Crippen LogP contribution in [0, 0.1) is 27.7 Å². The van der Waals surface area contributed by atoms with E-state index in [0.29, 0.717) is 16.8 Å². The maximum atomic E-state index is 12.4. The summed E-state index contributed by atoms with van der Waals surface area (Å²) >= 11 is 0. The third kappa shape index (κ3) is 2.68. The van der Waals surface area contributed by atoms with Crippen molar-refractivity contribution in [3.05, 3.63) is 51.1 Å². The molecule has 0 bridgehead atoms. The third-order valence-corrected chi connectivity index (χ3v) is 4.10. The van der Waals surface area contributed by atoms with E-state index in [2.05, 4.69) is 15.6 Å². The lowest BCUT2D eigenvalue weighted by molar-refractivity contribution is -0.117. The largest absolute Gasteiger partial charge is 0.360 e. The number of fused-ring (bicyclic) bond motifs is 1. The van der Waals surface area contributed by atoms with E-state index < -0.39 is 5.56 Å². The van der Waals surface area contributed by atoms with E-state index in [-0.39, 0.29) is 18.0 Å². The topological polar surface area (TPSA) is 90.0 Å². The maximum Gasteiger partial charge on any atom is 0.297 e. The lowest BCUT2D eigenvalue weighted by atomic mass is 10.1. The highest BCUT2D eigenvalue weighted by molar-refractivity contribution is 5.91. The number of nitrogens with one attached hydrogen (secondary N) is 1. The highest BCUT2D eigenvalue weighted by atomic mass is 16.5. The van der Waals surface area contributed by atoms with Crippen LogP contribution in [0.15, 0.2) is 27.5 Å². The average Bonchev–Trinajstić information content (AvgIpc) is 2.92. The van der Waals surface area contributed by atoms with Gasteiger partial charge in [-0.2, -0.15) is 5.10 Å². The first kappa shape index (κ1) is 15.9.